The number of hydrogen-bond donors (Lipinski definition) is 0. The lowest BCUT2D eigenvalue weighted by atomic mass is 10.2. The van der Waals surface area contributed by atoms with Crippen molar-refractivity contribution in [3.63, 3.8) is 0 Å². The summed E-state index contributed by atoms with van der Waals surface area (Å²) in [4.78, 5) is 0. The van der Waals surface area contributed by atoms with E-state index in [1.165, 1.54) is 0 Å². The van der Waals surface area contributed by atoms with Gasteiger partial charge in [-0.1, -0.05) is 55.5 Å². The first-order valence-corrected chi connectivity index (χ1v) is 8.26. The van der Waals surface area contributed by atoms with Gasteiger partial charge in [0.25, 0.3) is 0 Å². The highest BCUT2D eigenvalue weighted by Crippen LogP contribution is 2.00. The molecule has 0 aliphatic carbocycles. The van der Waals surface area contributed by atoms with Crippen LogP contribution in [0.3, 0.4) is 0 Å². The number of benzene rings is 1. The predicted octanol–water partition coefficient (Wildman–Crippen LogP) is 3.04. The second kappa shape index (κ2) is 4.87. The van der Waals surface area contributed by atoms with E-state index in [1.54, 1.807) is 0 Å². The second-order valence-corrected chi connectivity index (χ2v) is 9.00. The molecule has 0 amide bonds. The van der Waals surface area contributed by atoms with Gasteiger partial charge in [-0.15, -0.1) is 0 Å². The SMILES string of the molecule is C[Si](C)(C)C#COCc1ccccc1. The van der Waals surface area contributed by atoms with E-state index in [1.807, 2.05) is 30.3 Å². The Labute approximate surface area is 87.1 Å². The molecule has 0 saturated carbocycles. The topological polar surface area (TPSA) is 9.23 Å². The first-order chi connectivity index (χ1) is 6.58. The van der Waals surface area contributed by atoms with Crippen LogP contribution < -0.4 is 0 Å². The Morgan fingerprint density at radius 1 is 1.14 bits per heavy atom. The summed E-state index contributed by atoms with van der Waals surface area (Å²) in [5, 5.41) is 0. The first-order valence-electron chi connectivity index (χ1n) is 4.76. The maximum Gasteiger partial charge on any atom is 0.133 e. The van der Waals surface area contributed by atoms with Gasteiger partial charge in [0.15, 0.2) is 0 Å². The van der Waals surface area contributed by atoms with Crippen LogP contribution in [0.4, 0.5) is 0 Å². The lowest BCUT2D eigenvalue weighted by molar-refractivity contribution is 0.265. The van der Waals surface area contributed by atoms with E-state index in [9.17, 15) is 0 Å². The van der Waals surface area contributed by atoms with Crippen LogP contribution in [0, 0.1) is 11.7 Å². The molecule has 0 heterocycles. The quantitative estimate of drug-likeness (QED) is 0.531. The van der Waals surface area contributed by atoms with E-state index in [0.717, 1.165) is 5.56 Å². The largest absolute Gasteiger partial charge is 0.442 e. The van der Waals surface area contributed by atoms with Gasteiger partial charge in [-0.05, 0) is 5.56 Å². The molecular formula is C12H16OSi. The molecular weight excluding hydrogens is 188 g/mol. The zero-order valence-corrected chi connectivity index (χ0v) is 10.0. The van der Waals surface area contributed by atoms with E-state index >= 15 is 0 Å². The average molecular weight is 204 g/mol. The molecule has 74 valence electrons. The average Bonchev–Trinajstić information content (AvgIpc) is 2.13. The highest BCUT2D eigenvalue weighted by molar-refractivity contribution is 6.83. The van der Waals surface area contributed by atoms with E-state index in [-0.39, 0.29) is 0 Å². The summed E-state index contributed by atoms with van der Waals surface area (Å²) < 4.78 is 5.27. The fraction of sp³-hybridized carbons (Fsp3) is 0.333. The van der Waals surface area contributed by atoms with Crippen LogP contribution in [0.5, 0.6) is 0 Å². The lowest BCUT2D eigenvalue weighted by Crippen LogP contribution is -2.16. The van der Waals surface area contributed by atoms with E-state index in [0.29, 0.717) is 6.61 Å². The number of rotatable bonds is 2. The molecule has 0 radical (unpaired) electrons. The minimum atomic E-state index is -1.28. The Balaban J connectivity index is 2.39. The first kappa shape index (κ1) is 10.9. The molecule has 0 unspecified atom stereocenters. The Morgan fingerprint density at radius 2 is 1.79 bits per heavy atom. The fourth-order valence-electron chi connectivity index (χ4n) is 0.883. The van der Waals surface area contributed by atoms with Crippen molar-refractivity contribution in [3.05, 3.63) is 35.9 Å². The van der Waals surface area contributed by atoms with Crippen molar-refractivity contribution in [1.82, 2.24) is 0 Å². The maximum atomic E-state index is 5.27. The molecule has 0 aliphatic heterocycles. The van der Waals surface area contributed by atoms with Crippen LogP contribution >= 0.6 is 0 Å². The standard InChI is InChI=1S/C12H16OSi/c1-14(2,3)10-9-13-11-12-7-5-4-6-8-12/h4-8H,11H2,1-3H3. The van der Waals surface area contributed by atoms with Gasteiger partial charge in [-0.2, -0.15) is 0 Å². The summed E-state index contributed by atoms with van der Waals surface area (Å²) >= 11 is 0. The summed E-state index contributed by atoms with van der Waals surface area (Å²) in [6.45, 7) is 7.18. The summed E-state index contributed by atoms with van der Waals surface area (Å²) in [5.74, 6) is 0. The predicted molar refractivity (Wildman–Crippen MR) is 62.4 cm³/mol. The third-order valence-corrected chi connectivity index (χ3v) is 2.43. The number of hydrogen-bond acceptors (Lipinski definition) is 1. The second-order valence-electron chi connectivity index (χ2n) is 4.25. The van der Waals surface area contributed by atoms with Crippen LogP contribution in [0.25, 0.3) is 0 Å². The fourth-order valence-corrected chi connectivity index (χ4v) is 1.26. The maximum absolute atomic E-state index is 5.27. The van der Waals surface area contributed by atoms with Gasteiger partial charge in [0.05, 0.1) is 0 Å². The van der Waals surface area contributed by atoms with Gasteiger partial charge in [-0.25, -0.2) is 0 Å². The van der Waals surface area contributed by atoms with Crippen molar-refractivity contribution in [1.29, 1.82) is 0 Å². The normalized spacial score (nSPS) is 10.2. The molecule has 0 aliphatic rings. The summed E-state index contributed by atoms with van der Waals surface area (Å²) in [6.07, 6.45) is 2.79. The zero-order valence-electron chi connectivity index (χ0n) is 9.00. The minimum absolute atomic E-state index is 0.582. The van der Waals surface area contributed by atoms with Crippen LogP contribution in [0.1, 0.15) is 5.56 Å². The van der Waals surface area contributed by atoms with Crippen molar-refractivity contribution in [2.24, 2.45) is 0 Å². The molecule has 1 aromatic rings. The van der Waals surface area contributed by atoms with Crippen molar-refractivity contribution in [2.75, 3.05) is 0 Å². The minimum Gasteiger partial charge on any atom is -0.442 e. The van der Waals surface area contributed by atoms with Gasteiger partial charge in [0, 0.05) is 0 Å². The molecule has 0 fully saturated rings. The van der Waals surface area contributed by atoms with Crippen LogP contribution in [-0.2, 0) is 11.3 Å². The van der Waals surface area contributed by atoms with Gasteiger partial charge < -0.3 is 4.74 Å². The van der Waals surface area contributed by atoms with Gasteiger partial charge in [0.1, 0.15) is 20.8 Å². The molecule has 2 heteroatoms. The Bertz CT molecular complexity index is 327. The van der Waals surface area contributed by atoms with Gasteiger partial charge in [0.2, 0.25) is 0 Å². The molecule has 0 bridgehead atoms. The molecule has 0 atom stereocenters. The van der Waals surface area contributed by atoms with Crippen LogP contribution in [0.2, 0.25) is 19.6 Å². The lowest BCUT2D eigenvalue weighted by Gasteiger charge is -2.03. The Kier molecular flexibility index (Phi) is 3.79. The molecule has 0 spiro atoms. The third-order valence-electron chi connectivity index (χ3n) is 1.58. The van der Waals surface area contributed by atoms with Crippen LogP contribution in [0.15, 0.2) is 30.3 Å². The zero-order chi connectivity index (χ0) is 10.4. The van der Waals surface area contributed by atoms with Crippen molar-refractivity contribution >= 4 is 8.07 Å². The molecule has 0 saturated heterocycles. The van der Waals surface area contributed by atoms with Gasteiger partial charge >= 0.3 is 0 Å². The van der Waals surface area contributed by atoms with Gasteiger partial charge in [-0.3, -0.25) is 0 Å². The Morgan fingerprint density at radius 3 is 2.36 bits per heavy atom. The molecule has 0 N–H and O–H groups in total. The summed E-state index contributed by atoms with van der Waals surface area (Å²) in [7, 11) is -1.28. The molecule has 14 heavy (non-hydrogen) atoms. The third kappa shape index (κ3) is 4.73. The summed E-state index contributed by atoms with van der Waals surface area (Å²) in [5.41, 5.74) is 4.32. The smallest absolute Gasteiger partial charge is 0.133 e. The summed E-state index contributed by atoms with van der Waals surface area (Å²) in [6, 6.07) is 10.1. The number of ether oxygens (including phenoxy) is 1. The van der Waals surface area contributed by atoms with Crippen LogP contribution in [-0.4, -0.2) is 8.07 Å². The highest BCUT2D eigenvalue weighted by Gasteiger charge is 2.07. The molecule has 0 aromatic heterocycles. The van der Waals surface area contributed by atoms with E-state index in [4.69, 9.17) is 4.74 Å². The van der Waals surface area contributed by atoms with E-state index < -0.39 is 8.07 Å². The van der Waals surface area contributed by atoms with Crippen molar-refractivity contribution in [3.8, 4) is 11.7 Å². The molecule has 1 aromatic carbocycles. The van der Waals surface area contributed by atoms with Crippen molar-refractivity contribution in [2.45, 2.75) is 26.2 Å². The van der Waals surface area contributed by atoms with Crippen molar-refractivity contribution < 1.29 is 4.74 Å². The monoisotopic (exact) mass is 204 g/mol. The van der Waals surface area contributed by atoms with E-state index in [2.05, 4.69) is 31.3 Å². The Hall–Kier alpha value is -1.20. The highest BCUT2D eigenvalue weighted by atomic mass is 28.3. The molecule has 1 nitrogen and oxygen atoms in total. The molecule has 1 rings (SSSR count).